The molecule has 1 unspecified atom stereocenters. The molecule has 2 saturated heterocycles. The van der Waals surface area contributed by atoms with Crippen molar-refractivity contribution in [2.24, 2.45) is 0 Å². The Labute approximate surface area is 95.6 Å². The molecule has 0 saturated carbocycles. The van der Waals surface area contributed by atoms with Crippen LogP contribution in [0.1, 0.15) is 26.7 Å². The Balaban J connectivity index is 2.05. The Hall–Kier alpha value is -1.10. The van der Waals surface area contributed by atoms with E-state index in [4.69, 9.17) is 0 Å². The van der Waals surface area contributed by atoms with Gasteiger partial charge in [0.1, 0.15) is 6.04 Å². The van der Waals surface area contributed by atoms with Gasteiger partial charge in [-0.1, -0.05) is 0 Å². The fourth-order valence-electron chi connectivity index (χ4n) is 2.38. The van der Waals surface area contributed by atoms with Crippen molar-refractivity contribution in [3.05, 3.63) is 0 Å². The van der Waals surface area contributed by atoms with Crippen LogP contribution in [0.25, 0.3) is 0 Å². The normalized spacial score (nSPS) is 29.0. The molecule has 0 aromatic heterocycles. The quantitative estimate of drug-likeness (QED) is 0.631. The molecule has 0 spiro atoms. The number of hydrogen-bond donors (Lipinski definition) is 2. The fourth-order valence-corrected chi connectivity index (χ4v) is 2.38. The first-order valence-corrected chi connectivity index (χ1v) is 5.82. The van der Waals surface area contributed by atoms with Crippen molar-refractivity contribution < 1.29 is 9.59 Å². The lowest BCUT2D eigenvalue weighted by atomic mass is 9.98. The lowest BCUT2D eigenvalue weighted by molar-refractivity contribution is -0.140. The van der Waals surface area contributed by atoms with Crippen LogP contribution in [0.5, 0.6) is 0 Å². The third kappa shape index (κ3) is 2.04. The average molecular weight is 225 g/mol. The molecule has 2 N–H and O–H groups in total. The van der Waals surface area contributed by atoms with Crippen LogP contribution >= 0.6 is 0 Å². The zero-order valence-electron chi connectivity index (χ0n) is 9.88. The van der Waals surface area contributed by atoms with Crippen molar-refractivity contribution in [2.45, 2.75) is 38.3 Å². The van der Waals surface area contributed by atoms with E-state index in [-0.39, 0.29) is 23.4 Å². The Morgan fingerprint density at radius 1 is 1.50 bits per heavy atom. The van der Waals surface area contributed by atoms with E-state index in [1.165, 1.54) is 0 Å². The first kappa shape index (κ1) is 11.4. The second kappa shape index (κ2) is 4.05. The van der Waals surface area contributed by atoms with E-state index in [1.807, 2.05) is 18.7 Å². The van der Waals surface area contributed by atoms with Crippen LogP contribution in [0, 0.1) is 0 Å². The van der Waals surface area contributed by atoms with Crippen LogP contribution in [0.3, 0.4) is 0 Å². The number of nitrogens with zero attached hydrogens (tertiary/aromatic N) is 1. The molecule has 0 aromatic carbocycles. The number of carbonyl (C=O) groups is 2. The second-order valence-electron chi connectivity index (χ2n) is 5.14. The summed E-state index contributed by atoms with van der Waals surface area (Å²) < 4.78 is 0. The van der Waals surface area contributed by atoms with Gasteiger partial charge < -0.3 is 15.5 Å². The lowest BCUT2D eigenvalue weighted by Gasteiger charge is -2.43. The Kier molecular flexibility index (Phi) is 2.88. The molecular weight excluding hydrogens is 206 g/mol. The first-order valence-electron chi connectivity index (χ1n) is 5.82. The van der Waals surface area contributed by atoms with Gasteiger partial charge in [0, 0.05) is 31.6 Å². The predicted octanol–water partition coefficient (Wildman–Crippen LogP) is -0.525. The molecular formula is C11H19N3O2. The predicted molar refractivity (Wildman–Crippen MR) is 59.8 cm³/mol. The zero-order chi connectivity index (χ0) is 11.8. The standard InChI is InChI=1S/C11H19N3O2/c1-11(2)7-12-5-6-14(11)10(16)8-3-4-9(15)13-8/h8,12H,3-7H2,1-2H3,(H,13,15). The maximum Gasteiger partial charge on any atom is 0.245 e. The van der Waals surface area contributed by atoms with Crippen LogP contribution in [0.15, 0.2) is 0 Å². The van der Waals surface area contributed by atoms with Crippen LogP contribution in [-0.4, -0.2) is 47.9 Å². The second-order valence-corrected chi connectivity index (χ2v) is 5.14. The van der Waals surface area contributed by atoms with Gasteiger partial charge in [-0.2, -0.15) is 0 Å². The summed E-state index contributed by atoms with van der Waals surface area (Å²) in [6.45, 7) is 6.45. The summed E-state index contributed by atoms with van der Waals surface area (Å²) in [5.74, 6) is 0.0589. The van der Waals surface area contributed by atoms with Gasteiger partial charge in [0.25, 0.3) is 0 Å². The molecule has 90 valence electrons. The molecule has 2 heterocycles. The molecule has 0 aliphatic carbocycles. The Morgan fingerprint density at radius 3 is 2.81 bits per heavy atom. The maximum absolute atomic E-state index is 12.2. The molecule has 5 heteroatoms. The maximum atomic E-state index is 12.2. The van der Waals surface area contributed by atoms with Gasteiger partial charge in [-0.15, -0.1) is 0 Å². The molecule has 5 nitrogen and oxygen atoms in total. The summed E-state index contributed by atoms with van der Waals surface area (Å²) in [7, 11) is 0. The molecule has 2 aliphatic heterocycles. The number of amides is 2. The topological polar surface area (TPSA) is 61.4 Å². The van der Waals surface area contributed by atoms with E-state index in [1.54, 1.807) is 0 Å². The molecule has 0 bridgehead atoms. The van der Waals surface area contributed by atoms with Crippen LogP contribution in [0.2, 0.25) is 0 Å². The van der Waals surface area contributed by atoms with E-state index in [0.29, 0.717) is 12.8 Å². The molecule has 2 fully saturated rings. The van der Waals surface area contributed by atoms with Crippen LogP contribution < -0.4 is 10.6 Å². The van der Waals surface area contributed by atoms with E-state index in [9.17, 15) is 9.59 Å². The van der Waals surface area contributed by atoms with Crippen molar-refractivity contribution in [3.63, 3.8) is 0 Å². The summed E-state index contributed by atoms with van der Waals surface area (Å²) in [6, 6.07) is -0.301. The van der Waals surface area contributed by atoms with Gasteiger partial charge in [0.05, 0.1) is 0 Å². The number of nitrogens with one attached hydrogen (secondary N) is 2. The molecule has 0 aromatic rings. The van der Waals surface area contributed by atoms with Crippen molar-refractivity contribution >= 4 is 11.8 Å². The summed E-state index contributed by atoms with van der Waals surface area (Å²) >= 11 is 0. The summed E-state index contributed by atoms with van der Waals surface area (Å²) in [5, 5.41) is 6.02. The summed E-state index contributed by atoms with van der Waals surface area (Å²) in [5.41, 5.74) is -0.164. The fraction of sp³-hybridized carbons (Fsp3) is 0.818. The van der Waals surface area contributed by atoms with Crippen molar-refractivity contribution in [1.29, 1.82) is 0 Å². The molecule has 0 radical (unpaired) electrons. The molecule has 2 rings (SSSR count). The summed E-state index contributed by atoms with van der Waals surface area (Å²) in [4.78, 5) is 25.2. The van der Waals surface area contributed by atoms with Gasteiger partial charge in [0.15, 0.2) is 0 Å². The molecule has 2 amide bonds. The highest BCUT2D eigenvalue weighted by atomic mass is 16.2. The van der Waals surface area contributed by atoms with Gasteiger partial charge in [-0.05, 0) is 20.3 Å². The smallest absolute Gasteiger partial charge is 0.245 e. The van der Waals surface area contributed by atoms with E-state index in [0.717, 1.165) is 19.6 Å². The number of piperazine rings is 1. The third-order valence-corrected chi connectivity index (χ3v) is 3.36. The van der Waals surface area contributed by atoms with Gasteiger partial charge in [-0.3, -0.25) is 9.59 Å². The number of carbonyl (C=O) groups excluding carboxylic acids is 2. The minimum Gasteiger partial charge on any atom is -0.344 e. The minimum absolute atomic E-state index is 0.00806. The Morgan fingerprint density at radius 2 is 2.25 bits per heavy atom. The largest absolute Gasteiger partial charge is 0.344 e. The Bertz CT molecular complexity index is 314. The highest BCUT2D eigenvalue weighted by Crippen LogP contribution is 2.20. The van der Waals surface area contributed by atoms with Crippen LogP contribution in [-0.2, 0) is 9.59 Å². The van der Waals surface area contributed by atoms with Gasteiger partial charge in [-0.25, -0.2) is 0 Å². The number of rotatable bonds is 1. The first-order chi connectivity index (χ1) is 7.50. The van der Waals surface area contributed by atoms with Crippen LogP contribution in [0.4, 0.5) is 0 Å². The zero-order valence-corrected chi connectivity index (χ0v) is 9.88. The third-order valence-electron chi connectivity index (χ3n) is 3.36. The average Bonchev–Trinajstić information content (AvgIpc) is 2.63. The molecule has 2 aliphatic rings. The van der Waals surface area contributed by atoms with E-state index < -0.39 is 0 Å². The van der Waals surface area contributed by atoms with Gasteiger partial charge in [0.2, 0.25) is 11.8 Å². The SMILES string of the molecule is CC1(C)CNCCN1C(=O)C1CCC(=O)N1. The number of hydrogen-bond acceptors (Lipinski definition) is 3. The minimum atomic E-state index is -0.301. The molecule has 16 heavy (non-hydrogen) atoms. The van der Waals surface area contributed by atoms with Crippen molar-refractivity contribution in [1.82, 2.24) is 15.5 Å². The highest BCUT2D eigenvalue weighted by molar-refractivity contribution is 5.91. The van der Waals surface area contributed by atoms with Crippen molar-refractivity contribution in [2.75, 3.05) is 19.6 Å². The summed E-state index contributed by atoms with van der Waals surface area (Å²) in [6.07, 6.45) is 1.11. The van der Waals surface area contributed by atoms with Gasteiger partial charge >= 0.3 is 0 Å². The van der Waals surface area contributed by atoms with Crippen molar-refractivity contribution in [3.8, 4) is 0 Å². The highest BCUT2D eigenvalue weighted by Gasteiger charge is 2.38. The molecule has 1 atom stereocenters. The van der Waals surface area contributed by atoms with E-state index >= 15 is 0 Å². The van der Waals surface area contributed by atoms with E-state index in [2.05, 4.69) is 10.6 Å². The monoisotopic (exact) mass is 225 g/mol. The lowest BCUT2D eigenvalue weighted by Crippen LogP contribution is -2.62.